The zero-order valence-electron chi connectivity index (χ0n) is 11.3. The van der Waals surface area contributed by atoms with E-state index in [0.29, 0.717) is 20.1 Å². The zero-order chi connectivity index (χ0) is 17.0. The van der Waals surface area contributed by atoms with E-state index in [1.807, 2.05) is 12.1 Å². The molecule has 0 aliphatic heterocycles. The van der Waals surface area contributed by atoms with Gasteiger partial charge in [0.15, 0.2) is 0 Å². The number of ether oxygens (including phenoxy) is 1. The van der Waals surface area contributed by atoms with Crippen LogP contribution in [-0.4, -0.2) is 16.2 Å². The molecular formula is C15H7Br2N3O3. The smallest absolute Gasteiger partial charge is 0.262 e. The lowest BCUT2D eigenvalue weighted by molar-refractivity contribution is 0.304. The maximum atomic E-state index is 9.70. The lowest BCUT2D eigenvalue weighted by Gasteiger charge is -2.10. The normalized spacial score (nSPS) is 10.7. The van der Waals surface area contributed by atoms with Crippen molar-refractivity contribution < 1.29 is 15.1 Å². The van der Waals surface area contributed by atoms with Crippen molar-refractivity contribution >= 4 is 37.8 Å². The third kappa shape index (κ3) is 3.62. The van der Waals surface area contributed by atoms with Gasteiger partial charge in [-0.05, 0) is 67.3 Å². The number of phenols is 1. The van der Waals surface area contributed by atoms with E-state index in [9.17, 15) is 10.3 Å². The van der Waals surface area contributed by atoms with Gasteiger partial charge in [-0.3, -0.25) is 0 Å². The molecule has 8 heteroatoms. The molecule has 2 N–H and O–H groups in total. The summed E-state index contributed by atoms with van der Waals surface area (Å²) in [7, 11) is 0. The van der Waals surface area contributed by atoms with Crippen molar-refractivity contribution in [1.29, 1.82) is 10.5 Å². The van der Waals surface area contributed by atoms with E-state index in [-0.39, 0.29) is 23.0 Å². The largest absolute Gasteiger partial charge is 0.506 e. The summed E-state index contributed by atoms with van der Waals surface area (Å²) in [4.78, 5) is 0. The Balaban J connectivity index is 2.43. The van der Waals surface area contributed by atoms with E-state index in [2.05, 4.69) is 37.0 Å². The fourth-order valence-electron chi connectivity index (χ4n) is 1.71. The van der Waals surface area contributed by atoms with Crippen LogP contribution >= 0.6 is 31.9 Å². The summed E-state index contributed by atoms with van der Waals surface area (Å²) < 4.78 is 6.20. The molecule has 23 heavy (non-hydrogen) atoms. The number of aromatic hydroxyl groups is 1. The van der Waals surface area contributed by atoms with Crippen LogP contribution in [-0.2, 0) is 0 Å². The van der Waals surface area contributed by atoms with Gasteiger partial charge in [-0.15, -0.1) is 0 Å². The minimum Gasteiger partial charge on any atom is -0.506 e. The molecule has 0 spiro atoms. The molecule has 114 valence electrons. The van der Waals surface area contributed by atoms with Crippen molar-refractivity contribution in [3.05, 3.63) is 56.0 Å². The molecule has 0 fully saturated rings. The number of benzene rings is 2. The molecule has 0 saturated carbocycles. The van der Waals surface area contributed by atoms with Crippen molar-refractivity contribution in [2.24, 2.45) is 5.16 Å². The number of halogens is 2. The molecule has 0 saturated heterocycles. The van der Waals surface area contributed by atoms with E-state index in [4.69, 9.17) is 15.3 Å². The van der Waals surface area contributed by atoms with Crippen LogP contribution in [0.25, 0.3) is 0 Å². The molecule has 0 heterocycles. The Kier molecular flexibility index (Phi) is 5.22. The van der Waals surface area contributed by atoms with Crippen LogP contribution in [0.1, 0.15) is 16.7 Å². The standard InChI is InChI=1S/C15H7Br2N3O3/c16-11-4-9(5-12(17)14(11)21)15(20-22)23-13-2-1-8(6-18)3-10(13)7-19/h1-5,21-22H. The van der Waals surface area contributed by atoms with Gasteiger partial charge >= 0.3 is 0 Å². The average molecular weight is 437 g/mol. The Hall–Kier alpha value is -2.55. The molecule has 0 amide bonds. The Morgan fingerprint density at radius 3 is 2.26 bits per heavy atom. The van der Waals surface area contributed by atoms with Crippen molar-refractivity contribution in [2.75, 3.05) is 0 Å². The monoisotopic (exact) mass is 435 g/mol. The van der Waals surface area contributed by atoms with Crippen LogP contribution in [0.15, 0.2) is 44.4 Å². The molecule has 0 aliphatic carbocycles. The first-order chi connectivity index (χ1) is 11.0. The van der Waals surface area contributed by atoms with Crippen LogP contribution in [0.3, 0.4) is 0 Å². The second-order valence-electron chi connectivity index (χ2n) is 4.23. The van der Waals surface area contributed by atoms with E-state index in [0.717, 1.165) is 0 Å². The van der Waals surface area contributed by atoms with Crippen LogP contribution < -0.4 is 4.74 Å². The first-order valence-electron chi connectivity index (χ1n) is 6.02. The SMILES string of the molecule is N#Cc1ccc(OC(=NO)c2cc(Br)c(O)c(Br)c2)c(C#N)c1. The molecule has 0 radical (unpaired) electrons. The summed E-state index contributed by atoms with van der Waals surface area (Å²) in [6.45, 7) is 0. The van der Waals surface area contributed by atoms with Gasteiger partial charge in [0.25, 0.3) is 5.90 Å². The van der Waals surface area contributed by atoms with Crippen LogP contribution in [0.5, 0.6) is 11.5 Å². The highest BCUT2D eigenvalue weighted by atomic mass is 79.9. The molecular weight excluding hydrogens is 430 g/mol. The summed E-state index contributed by atoms with van der Waals surface area (Å²) in [5.41, 5.74) is 0.797. The highest BCUT2D eigenvalue weighted by Gasteiger charge is 2.15. The number of hydrogen-bond donors (Lipinski definition) is 2. The highest BCUT2D eigenvalue weighted by Crippen LogP contribution is 2.34. The van der Waals surface area contributed by atoms with Crippen LogP contribution in [0.4, 0.5) is 0 Å². The van der Waals surface area contributed by atoms with Crippen molar-refractivity contribution in [1.82, 2.24) is 0 Å². The average Bonchev–Trinajstić information content (AvgIpc) is 2.57. The fourth-order valence-corrected chi connectivity index (χ4v) is 2.89. The molecule has 6 nitrogen and oxygen atoms in total. The number of rotatable bonds is 2. The van der Waals surface area contributed by atoms with Gasteiger partial charge in [0.2, 0.25) is 0 Å². The van der Waals surface area contributed by atoms with Crippen LogP contribution in [0.2, 0.25) is 0 Å². The Bertz CT molecular complexity index is 860. The predicted octanol–water partition coefficient (Wildman–Crippen LogP) is 3.88. The number of nitrogens with zero attached hydrogens (tertiary/aromatic N) is 3. The zero-order valence-corrected chi connectivity index (χ0v) is 14.5. The quantitative estimate of drug-likeness (QED) is 0.321. The third-order valence-corrected chi connectivity index (χ3v) is 4.00. The predicted molar refractivity (Wildman–Crippen MR) is 88.3 cm³/mol. The van der Waals surface area contributed by atoms with E-state index in [1.165, 1.54) is 30.3 Å². The van der Waals surface area contributed by atoms with Gasteiger partial charge in [0, 0.05) is 5.56 Å². The number of nitriles is 2. The Morgan fingerprint density at radius 1 is 1.09 bits per heavy atom. The Labute approximate surface area is 148 Å². The van der Waals surface area contributed by atoms with E-state index >= 15 is 0 Å². The fraction of sp³-hybridized carbons (Fsp3) is 0. The summed E-state index contributed by atoms with van der Waals surface area (Å²) >= 11 is 6.33. The van der Waals surface area contributed by atoms with Gasteiger partial charge in [0.05, 0.1) is 26.1 Å². The third-order valence-electron chi connectivity index (χ3n) is 2.79. The second kappa shape index (κ2) is 7.14. The lowest BCUT2D eigenvalue weighted by atomic mass is 10.1. The molecule has 2 aromatic carbocycles. The second-order valence-corrected chi connectivity index (χ2v) is 5.94. The van der Waals surface area contributed by atoms with Crippen molar-refractivity contribution in [3.63, 3.8) is 0 Å². The highest BCUT2D eigenvalue weighted by molar-refractivity contribution is 9.11. The first kappa shape index (κ1) is 16.8. The van der Waals surface area contributed by atoms with Gasteiger partial charge < -0.3 is 15.1 Å². The number of hydrogen-bond acceptors (Lipinski definition) is 6. The van der Waals surface area contributed by atoms with Gasteiger partial charge in [0.1, 0.15) is 17.6 Å². The minimum absolute atomic E-state index is 0.0119. The topological polar surface area (TPSA) is 110 Å². The van der Waals surface area contributed by atoms with E-state index < -0.39 is 0 Å². The molecule has 0 bridgehead atoms. The lowest BCUT2D eigenvalue weighted by Crippen LogP contribution is -2.11. The Morgan fingerprint density at radius 2 is 1.74 bits per heavy atom. The van der Waals surface area contributed by atoms with Crippen molar-refractivity contribution in [2.45, 2.75) is 0 Å². The molecule has 0 atom stereocenters. The van der Waals surface area contributed by atoms with Crippen molar-refractivity contribution in [3.8, 4) is 23.6 Å². The summed E-state index contributed by atoms with van der Waals surface area (Å²) in [6.07, 6.45) is 0. The first-order valence-corrected chi connectivity index (χ1v) is 7.61. The molecule has 0 aromatic heterocycles. The summed E-state index contributed by atoms with van der Waals surface area (Å²) in [6, 6.07) is 11.1. The number of phenolic OH excluding ortho intramolecular Hbond substituents is 1. The van der Waals surface area contributed by atoms with Crippen LogP contribution in [0, 0.1) is 22.7 Å². The summed E-state index contributed by atoms with van der Waals surface area (Å²) in [5, 5.41) is 39.9. The maximum absolute atomic E-state index is 9.70. The van der Waals surface area contributed by atoms with E-state index in [1.54, 1.807) is 0 Å². The number of oxime groups is 1. The molecule has 0 aliphatic rings. The molecule has 2 rings (SSSR count). The van der Waals surface area contributed by atoms with Gasteiger partial charge in [-0.2, -0.15) is 10.5 Å². The molecule has 0 unspecified atom stereocenters. The van der Waals surface area contributed by atoms with Gasteiger partial charge in [-0.1, -0.05) is 0 Å². The summed E-state index contributed by atoms with van der Waals surface area (Å²) in [5.74, 6) is -0.0469. The maximum Gasteiger partial charge on any atom is 0.262 e. The van der Waals surface area contributed by atoms with Gasteiger partial charge in [-0.25, -0.2) is 0 Å². The minimum atomic E-state index is -0.174. The molecule has 2 aromatic rings.